The third-order valence-electron chi connectivity index (χ3n) is 2.51. The molecule has 0 aromatic carbocycles. The van der Waals surface area contributed by atoms with Gasteiger partial charge in [-0.25, -0.2) is 9.00 Å². The van der Waals surface area contributed by atoms with Gasteiger partial charge in [-0.3, -0.25) is 0 Å². The summed E-state index contributed by atoms with van der Waals surface area (Å²) in [7, 11) is -6.84. The fourth-order valence-corrected chi connectivity index (χ4v) is 6.63. The van der Waals surface area contributed by atoms with E-state index >= 15 is 0 Å². The van der Waals surface area contributed by atoms with E-state index in [9.17, 15) is 17.4 Å². The highest BCUT2D eigenvalue weighted by Gasteiger charge is 2.23. The van der Waals surface area contributed by atoms with E-state index in [0.717, 1.165) is 17.4 Å². The Balaban J connectivity index is 2.39. The average Bonchev–Trinajstić information content (AvgIpc) is 2.78. The lowest BCUT2D eigenvalue weighted by Gasteiger charge is -2.16. The molecule has 0 atom stereocenters. The van der Waals surface area contributed by atoms with Crippen molar-refractivity contribution in [3.8, 4) is 0 Å². The van der Waals surface area contributed by atoms with Gasteiger partial charge >= 0.3 is 5.97 Å². The fraction of sp³-hybridized carbons (Fsp3) is 0.444. The van der Waals surface area contributed by atoms with E-state index in [4.69, 9.17) is 5.11 Å². The average molecular weight is 324 g/mol. The molecule has 1 saturated heterocycles. The van der Waals surface area contributed by atoms with Crippen molar-refractivity contribution in [2.45, 2.75) is 4.90 Å². The van der Waals surface area contributed by atoms with Crippen molar-refractivity contribution in [1.29, 1.82) is 0 Å². The first-order valence-corrected chi connectivity index (χ1v) is 9.51. The van der Waals surface area contributed by atoms with Crippen molar-refractivity contribution in [1.82, 2.24) is 5.32 Å². The number of hydrogen-bond donors (Lipinski definition) is 2. The van der Waals surface area contributed by atoms with E-state index in [1.807, 2.05) is 0 Å². The van der Waals surface area contributed by atoms with Gasteiger partial charge in [0.15, 0.2) is 0 Å². The smallest absolute Gasteiger partial charge is 0.345 e. The fourth-order valence-electron chi connectivity index (χ4n) is 1.55. The van der Waals surface area contributed by atoms with Gasteiger partial charge in [-0.1, -0.05) is 0 Å². The second-order valence-corrected chi connectivity index (χ2v) is 9.22. The summed E-state index contributed by atoms with van der Waals surface area (Å²) < 4.78 is 39.7. The Labute approximate surface area is 114 Å². The van der Waals surface area contributed by atoms with Crippen LogP contribution in [0.4, 0.5) is 0 Å². The summed E-state index contributed by atoms with van der Waals surface area (Å²) in [6.45, 7) is 0.920. The summed E-state index contributed by atoms with van der Waals surface area (Å²) in [5.74, 6) is -0.831. The maximum absolute atomic E-state index is 12.2. The monoisotopic (exact) mass is 324 g/mol. The van der Waals surface area contributed by atoms with Crippen LogP contribution in [0.5, 0.6) is 0 Å². The minimum atomic E-state index is -4.06. The molecule has 0 saturated carbocycles. The minimum absolute atomic E-state index is 0.0889. The van der Waals surface area contributed by atoms with E-state index in [2.05, 4.69) is 9.08 Å². The molecule has 0 aliphatic carbocycles. The van der Waals surface area contributed by atoms with Crippen LogP contribution in [0.2, 0.25) is 0 Å². The Bertz CT molecular complexity index is 700. The van der Waals surface area contributed by atoms with Crippen molar-refractivity contribution in [3.63, 3.8) is 0 Å². The quantitative estimate of drug-likeness (QED) is 0.821. The second kappa shape index (κ2) is 5.19. The van der Waals surface area contributed by atoms with E-state index in [0.29, 0.717) is 13.1 Å². The van der Waals surface area contributed by atoms with Gasteiger partial charge in [0.1, 0.15) is 9.77 Å². The molecule has 10 heteroatoms. The molecule has 0 bridgehead atoms. The molecule has 1 aromatic rings. The van der Waals surface area contributed by atoms with E-state index < -0.39 is 25.7 Å². The molecule has 0 radical (unpaired) electrons. The predicted octanol–water partition coefficient (Wildman–Crippen LogP) is 0.206. The van der Waals surface area contributed by atoms with Gasteiger partial charge in [-0.2, -0.15) is 8.42 Å². The van der Waals surface area contributed by atoms with Gasteiger partial charge in [0.25, 0.3) is 10.0 Å². The number of nitrogens with one attached hydrogen (secondary N) is 1. The molecular formula is C9H12N2O5S3. The van der Waals surface area contributed by atoms with Crippen molar-refractivity contribution in [2.24, 2.45) is 3.77 Å². The lowest BCUT2D eigenvalue weighted by Crippen LogP contribution is -2.36. The number of sulfonamides is 1. The lowest BCUT2D eigenvalue weighted by molar-refractivity contribution is 0.0702. The number of nitrogens with zero attached hydrogens (tertiary/aromatic N) is 1. The first-order valence-electron chi connectivity index (χ1n) is 5.34. The number of thiophene rings is 1. The summed E-state index contributed by atoms with van der Waals surface area (Å²) in [5.41, 5.74) is 0. The molecule has 0 amide bonds. The zero-order chi connectivity index (χ0) is 14.1. The van der Waals surface area contributed by atoms with Crippen LogP contribution in [0, 0.1) is 0 Å². The third kappa shape index (κ3) is 3.32. The number of hydrogen-bond acceptors (Lipinski definition) is 6. The van der Waals surface area contributed by atoms with Crippen LogP contribution in [-0.2, 0) is 19.8 Å². The van der Waals surface area contributed by atoms with Gasteiger partial charge in [-0.15, -0.1) is 15.1 Å². The van der Waals surface area contributed by atoms with Crippen molar-refractivity contribution in [2.75, 3.05) is 24.6 Å². The van der Waals surface area contributed by atoms with Gasteiger partial charge in [0.05, 0.1) is 9.73 Å². The molecule has 0 spiro atoms. The Morgan fingerprint density at radius 1 is 1.42 bits per heavy atom. The summed E-state index contributed by atoms with van der Waals surface area (Å²) >= 11 is 0.802. The first kappa shape index (κ1) is 14.4. The summed E-state index contributed by atoms with van der Waals surface area (Å²) in [4.78, 5) is 10.4. The number of carboxylic acids is 1. The SMILES string of the molecule is O=C(O)c1cc(S(=O)(=O)N=S2(=O)CCNCC2)cs1. The zero-order valence-electron chi connectivity index (χ0n) is 9.74. The molecular weight excluding hydrogens is 312 g/mol. The van der Waals surface area contributed by atoms with E-state index in [1.54, 1.807) is 0 Å². The number of rotatable bonds is 3. The lowest BCUT2D eigenvalue weighted by atomic mass is 10.5. The molecule has 2 N–H and O–H groups in total. The molecule has 1 aromatic heterocycles. The van der Waals surface area contributed by atoms with Crippen LogP contribution in [0.15, 0.2) is 20.1 Å². The molecule has 106 valence electrons. The molecule has 1 aliphatic rings. The summed E-state index contributed by atoms with van der Waals surface area (Å²) in [5, 5.41) is 12.9. The van der Waals surface area contributed by atoms with Crippen LogP contribution in [0.3, 0.4) is 0 Å². The van der Waals surface area contributed by atoms with Crippen LogP contribution in [0.25, 0.3) is 0 Å². The molecule has 1 aliphatic heterocycles. The highest BCUT2D eigenvalue weighted by Crippen LogP contribution is 2.22. The summed E-state index contributed by atoms with van der Waals surface area (Å²) in [6.07, 6.45) is 0. The Morgan fingerprint density at radius 3 is 2.58 bits per heavy atom. The van der Waals surface area contributed by atoms with Crippen molar-refractivity contribution in [3.05, 3.63) is 16.3 Å². The topological polar surface area (TPSA) is 113 Å². The van der Waals surface area contributed by atoms with Crippen molar-refractivity contribution >= 4 is 37.1 Å². The molecule has 1 fully saturated rings. The number of carboxylic acid groups (broad SMARTS) is 1. The van der Waals surface area contributed by atoms with Gasteiger partial charge < -0.3 is 10.4 Å². The van der Waals surface area contributed by atoms with Crippen LogP contribution < -0.4 is 5.32 Å². The summed E-state index contributed by atoms with van der Waals surface area (Å²) in [6, 6.07) is 1.04. The van der Waals surface area contributed by atoms with Crippen LogP contribution >= 0.6 is 11.3 Å². The molecule has 2 heterocycles. The highest BCUT2D eigenvalue weighted by molar-refractivity contribution is 8.03. The maximum Gasteiger partial charge on any atom is 0.345 e. The van der Waals surface area contributed by atoms with Crippen LogP contribution in [0.1, 0.15) is 9.67 Å². The van der Waals surface area contributed by atoms with Gasteiger partial charge in [-0.05, 0) is 6.07 Å². The van der Waals surface area contributed by atoms with E-state index in [-0.39, 0.29) is 21.3 Å². The zero-order valence-corrected chi connectivity index (χ0v) is 12.2. The van der Waals surface area contributed by atoms with Crippen molar-refractivity contribution < 1.29 is 22.5 Å². The molecule has 0 unspecified atom stereocenters. The highest BCUT2D eigenvalue weighted by atomic mass is 32.3. The second-order valence-electron chi connectivity index (χ2n) is 3.93. The Kier molecular flexibility index (Phi) is 3.95. The normalized spacial score (nSPS) is 18.9. The van der Waals surface area contributed by atoms with Gasteiger partial charge in [0.2, 0.25) is 0 Å². The first-order chi connectivity index (χ1) is 8.82. The van der Waals surface area contributed by atoms with Crippen LogP contribution in [-0.4, -0.2) is 48.3 Å². The minimum Gasteiger partial charge on any atom is -0.477 e. The number of carbonyl (C=O) groups is 1. The predicted molar refractivity (Wildman–Crippen MR) is 71.6 cm³/mol. The van der Waals surface area contributed by atoms with Gasteiger partial charge in [0, 0.05) is 30.0 Å². The van der Waals surface area contributed by atoms with E-state index in [1.165, 1.54) is 5.38 Å². The Hall–Kier alpha value is -0.970. The standard InChI is InChI=1S/C9H12N2O5S3/c12-9(13)8-5-7(6-17-8)19(15,16)11-18(14)3-1-10-2-4-18/h5-6,10H,1-4H2,(H,12,13). The number of aromatic carboxylic acids is 1. The molecule has 2 rings (SSSR count). The largest absolute Gasteiger partial charge is 0.477 e. The maximum atomic E-state index is 12.2. The third-order valence-corrected chi connectivity index (χ3v) is 7.97. The molecule has 7 nitrogen and oxygen atoms in total. The molecule has 19 heavy (non-hydrogen) atoms. The Morgan fingerprint density at radius 2 is 2.05 bits per heavy atom.